The summed E-state index contributed by atoms with van der Waals surface area (Å²) in [6.45, 7) is 11.0. The summed E-state index contributed by atoms with van der Waals surface area (Å²) in [5, 5.41) is 3.49. The van der Waals surface area contributed by atoms with E-state index in [2.05, 4.69) is 36.2 Å². The molecule has 0 aromatic heterocycles. The molecule has 1 N–H and O–H groups in total. The minimum Gasteiger partial charge on any atom is -0.486 e. The first-order valence-electron chi connectivity index (χ1n) is 7.65. The van der Waals surface area contributed by atoms with Crippen molar-refractivity contribution in [3.63, 3.8) is 0 Å². The van der Waals surface area contributed by atoms with Crippen molar-refractivity contribution in [2.75, 3.05) is 39.4 Å². The Bertz CT molecular complexity index is 409. The second kappa shape index (κ2) is 8.12. The Labute approximate surface area is 122 Å². The fraction of sp³-hybridized carbons (Fsp3) is 0.625. The third-order valence-electron chi connectivity index (χ3n) is 3.53. The summed E-state index contributed by atoms with van der Waals surface area (Å²) in [6, 6.07) is 6.18. The third-order valence-corrected chi connectivity index (χ3v) is 3.53. The average molecular weight is 278 g/mol. The zero-order chi connectivity index (χ0) is 14.2. The molecule has 0 atom stereocenters. The van der Waals surface area contributed by atoms with Gasteiger partial charge in [0.05, 0.1) is 0 Å². The predicted molar refractivity (Wildman–Crippen MR) is 81.5 cm³/mol. The van der Waals surface area contributed by atoms with Gasteiger partial charge in [0.25, 0.3) is 0 Å². The zero-order valence-electron chi connectivity index (χ0n) is 12.7. The number of ether oxygens (including phenoxy) is 2. The Morgan fingerprint density at radius 2 is 1.90 bits per heavy atom. The van der Waals surface area contributed by atoms with E-state index in [9.17, 15) is 0 Å². The van der Waals surface area contributed by atoms with Crippen LogP contribution >= 0.6 is 0 Å². The summed E-state index contributed by atoms with van der Waals surface area (Å²) >= 11 is 0. The fourth-order valence-corrected chi connectivity index (χ4v) is 2.41. The number of benzene rings is 1. The van der Waals surface area contributed by atoms with Crippen molar-refractivity contribution in [3.05, 3.63) is 23.8 Å². The Hall–Kier alpha value is -1.26. The van der Waals surface area contributed by atoms with E-state index in [4.69, 9.17) is 9.47 Å². The van der Waals surface area contributed by atoms with Crippen LogP contribution in [0.15, 0.2) is 18.2 Å². The van der Waals surface area contributed by atoms with Gasteiger partial charge in [-0.05, 0) is 37.2 Å². The molecule has 1 heterocycles. The van der Waals surface area contributed by atoms with Gasteiger partial charge in [-0.25, -0.2) is 0 Å². The van der Waals surface area contributed by atoms with E-state index in [1.807, 2.05) is 6.07 Å². The average Bonchev–Trinajstić information content (AvgIpc) is 2.50. The van der Waals surface area contributed by atoms with Crippen LogP contribution in [0.25, 0.3) is 0 Å². The molecular formula is C16H26N2O2. The molecule has 0 amide bonds. The number of hydrogen-bond acceptors (Lipinski definition) is 4. The Balaban J connectivity index is 1.74. The number of rotatable bonds is 8. The van der Waals surface area contributed by atoms with Crippen molar-refractivity contribution in [1.82, 2.24) is 10.2 Å². The summed E-state index contributed by atoms with van der Waals surface area (Å²) in [4.78, 5) is 2.47. The first-order chi connectivity index (χ1) is 9.83. The van der Waals surface area contributed by atoms with E-state index in [-0.39, 0.29) is 0 Å². The summed E-state index contributed by atoms with van der Waals surface area (Å²) in [7, 11) is 0. The van der Waals surface area contributed by atoms with E-state index >= 15 is 0 Å². The van der Waals surface area contributed by atoms with E-state index in [1.54, 1.807) is 0 Å². The summed E-state index contributed by atoms with van der Waals surface area (Å²) in [5.41, 5.74) is 1.24. The molecule has 20 heavy (non-hydrogen) atoms. The maximum absolute atomic E-state index is 5.60. The highest BCUT2D eigenvalue weighted by Gasteiger charge is 2.11. The smallest absolute Gasteiger partial charge is 0.161 e. The first kappa shape index (κ1) is 15.1. The maximum Gasteiger partial charge on any atom is 0.161 e. The summed E-state index contributed by atoms with van der Waals surface area (Å²) in [6.07, 6.45) is 1.22. The SMILES string of the molecule is CCCN(CC)CCNCc1ccc2c(c1)OCCO2. The monoisotopic (exact) mass is 278 g/mol. The van der Waals surface area contributed by atoms with Crippen molar-refractivity contribution in [2.45, 2.75) is 26.8 Å². The van der Waals surface area contributed by atoms with Gasteiger partial charge in [-0.3, -0.25) is 0 Å². The van der Waals surface area contributed by atoms with Crippen molar-refractivity contribution in [2.24, 2.45) is 0 Å². The second-order valence-corrected chi connectivity index (χ2v) is 5.09. The van der Waals surface area contributed by atoms with Crippen molar-refractivity contribution >= 4 is 0 Å². The van der Waals surface area contributed by atoms with Gasteiger partial charge in [0, 0.05) is 19.6 Å². The molecule has 1 aromatic rings. The molecule has 4 nitrogen and oxygen atoms in total. The van der Waals surface area contributed by atoms with E-state index < -0.39 is 0 Å². The normalized spacial score (nSPS) is 13.8. The Morgan fingerprint density at radius 1 is 1.10 bits per heavy atom. The number of nitrogens with zero attached hydrogens (tertiary/aromatic N) is 1. The quantitative estimate of drug-likeness (QED) is 0.740. The zero-order valence-corrected chi connectivity index (χ0v) is 12.7. The van der Waals surface area contributed by atoms with Gasteiger partial charge < -0.3 is 19.7 Å². The Kier molecular flexibility index (Phi) is 6.15. The maximum atomic E-state index is 5.60. The molecular weight excluding hydrogens is 252 g/mol. The van der Waals surface area contributed by atoms with Gasteiger partial charge in [0.1, 0.15) is 13.2 Å². The van der Waals surface area contributed by atoms with E-state index in [0.717, 1.165) is 37.7 Å². The number of likely N-dealkylation sites (N-methyl/N-ethyl adjacent to an activating group) is 1. The molecule has 2 rings (SSSR count). The minimum atomic E-state index is 0.645. The fourth-order valence-electron chi connectivity index (χ4n) is 2.41. The van der Waals surface area contributed by atoms with Gasteiger partial charge in [0.2, 0.25) is 0 Å². The highest BCUT2D eigenvalue weighted by molar-refractivity contribution is 5.43. The lowest BCUT2D eigenvalue weighted by Gasteiger charge is -2.20. The molecule has 0 spiro atoms. The molecule has 0 bridgehead atoms. The van der Waals surface area contributed by atoms with Gasteiger partial charge in [0.15, 0.2) is 11.5 Å². The van der Waals surface area contributed by atoms with Crippen LogP contribution in [0.3, 0.4) is 0 Å². The van der Waals surface area contributed by atoms with Crippen molar-refractivity contribution in [1.29, 1.82) is 0 Å². The lowest BCUT2D eigenvalue weighted by atomic mass is 10.2. The number of hydrogen-bond donors (Lipinski definition) is 1. The highest BCUT2D eigenvalue weighted by Crippen LogP contribution is 2.30. The molecule has 0 saturated carbocycles. The van der Waals surface area contributed by atoms with Crippen LogP contribution in [-0.2, 0) is 6.54 Å². The van der Waals surface area contributed by atoms with Crippen LogP contribution < -0.4 is 14.8 Å². The molecule has 0 fully saturated rings. The second-order valence-electron chi connectivity index (χ2n) is 5.09. The van der Waals surface area contributed by atoms with E-state index in [1.165, 1.54) is 18.5 Å². The molecule has 1 aliphatic heterocycles. The molecule has 1 aliphatic rings. The lowest BCUT2D eigenvalue weighted by Crippen LogP contribution is -2.32. The van der Waals surface area contributed by atoms with Gasteiger partial charge >= 0.3 is 0 Å². The first-order valence-corrected chi connectivity index (χ1v) is 7.65. The van der Waals surface area contributed by atoms with Crippen LogP contribution in [-0.4, -0.2) is 44.3 Å². The van der Waals surface area contributed by atoms with Crippen LogP contribution in [0.2, 0.25) is 0 Å². The third kappa shape index (κ3) is 4.39. The van der Waals surface area contributed by atoms with Crippen molar-refractivity contribution in [3.8, 4) is 11.5 Å². The molecule has 0 saturated heterocycles. The molecule has 0 unspecified atom stereocenters. The highest BCUT2D eigenvalue weighted by atomic mass is 16.6. The van der Waals surface area contributed by atoms with E-state index in [0.29, 0.717) is 13.2 Å². The minimum absolute atomic E-state index is 0.645. The van der Waals surface area contributed by atoms with Crippen LogP contribution in [0.4, 0.5) is 0 Å². The molecule has 0 radical (unpaired) electrons. The molecule has 1 aromatic carbocycles. The largest absolute Gasteiger partial charge is 0.486 e. The van der Waals surface area contributed by atoms with Gasteiger partial charge in [-0.2, -0.15) is 0 Å². The van der Waals surface area contributed by atoms with Gasteiger partial charge in [-0.15, -0.1) is 0 Å². The topological polar surface area (TPSA) is 33.7 Å². The standard InChI is InChI=1S/C16H26N2O2/c1-3-8-18(4-2)9-7-17-13-14-5-6-15-16(12-14)20-11-10-19-15/h5-6,12,17H,3-4,7-11,13H2,1-2H3. The number of fused-ring (bicyclic) bond motifs is 1. The van der Waals surface area contributed by atoms with Gasteiger partial charge in [-0.1, -0.05) is 19.9 Å². The van der Waals surface area contributed by atoms with Crippen LogP contribution in [0, 0.1) is 0 Å². The van der Waals surface area contributed by atoms with Crippen LogP contribution in [0.5, 0.6) is 11.5 Å². The lowest BCUT2D eigenvalue weighted by molar-refractivity contribution is 0.171. The molecule has 0 aliphatic carbocycles. The number of nitrogens with one attached hydrogen (secondary N) is 1. The Morgan fingerprint density at radius 3 is 2.65 bits per heavy atom. The summed E-state index contributed by atoms with van der Waals surface area (Å²) in [5.74, 6) is 1.73. The van der Waals surface area contributed by atoms with Crippen molar-refractivity contribution < 1.29 is 9.47 Å². The molecule has 112 valence electrons. The predicted octanol–water partition coefficient (Wildman–Crippen LogP) is 2.28. The van der Waals surface area contributed by atoms with Crippen LogP contribution in [0.1, 0.15) is 25.8 Å². The summed E-state index contributed by atoms with van der Waals surface area (Å²) < 4.78 is 11.1. The molecule has 4 heteroatoms.